The summed E-state index contributed by atoms with van der Waals surface area (Å²) in [6.45, 7) is 5.60. The van der Waals surface area contributed by atoms with Gasteiger partial charge in [-0.3, -0.25) is 4.18 Å². The molecule has 1 atom stereocenters. The standard InChI is InChI=1S/C24H50O5S.Na/c1-3-5-7-9-11-12-13-15-17-19-22-28-23-21-24(29-30(25,26)27)20-18-16-14-10-8-6-4-2;/h24H,3-23H2,1-2H3,(H,25,26,27);/q;+1/p-1. The Labute approximate surface area is 216 Å². The van der Waals surface area contributed by atoms with Gasteiger partial charge in [0.1, 0.15) is 0 Å². The van der Waals surface area contributed by atoms with Crippen LogP contribution in [-0.2, 0) is 19.3 Å². The second kappa shape index (κ2) is 25.5. The zero-order valence-electron chi connectivity index (χ0n) is 20.9. The molecule has 0 fully saturated rings. The molecule has 0 bridgehead atoms. The molecular weight excluding hydrogens is 423 g/mol. The van der Waals surface area contributed by atoms with E-state index in [0.29, 0.717) is 26.1 Å². The predicted octanol–water partition coefficient (Wildman–Crippen LogP) is 4.30. The van der Waals surface area contributed by atoms with Crippen LogP contribution in [0.25, 0.3) is 0 Å². The van der Waals surface area contributed by atoms with Crippen molar-refractivity contribution in [3.05, 3.63) is 0 Å². The summed E-state index contributed by atoms with van der Waals surface area (Å²) in [5.74, 6) is 0. The van der Waals surface area contributed by atoms with Gasteiger partial charge in [0.05, 0.1) is 6.10 Å². The molecule has 0 heterocycles. The summed E-state index contributed by atoms with van der Waals surface area (Å²) in [7, 11) is -4.65. The summed E-state index contributed by atoms with van der Waals surface area (Å²) in [6.07, 6.45) is 21.5. The quantitative estimate of drug-likeness (QED) is 0.0906. The number of rotatable bonds is 24. The third-order valence-electron chi connectivity index (χ3n) is 5.61. The van der Waals surface area contributed by atoms with Crippen LogP contribution >= 0.6 is 0 Å². The molecule has 0 saturated carbocycles. The Morgan fingerprint density at radius 2 is 1.03 bits per heavy atom. The SMILES string of the molecule is CCCCCCCCCCCCOCCC(CCCCCCCCC)OS(=O)(=O)[O-].[Na+]. The fraction of sp³-hybridized carbons (Fsp3) is 1.00. The molecule has 0 aliphatic rings. The zero-order chi connectivity index (χ0) is 22.3. The van der Waals surface area contributed by atoms with Crippen LogP contribution < -0.4 is 29.6 Å². The number of hydrogen-bond acceptors (Lipinski definition) is 5. The fourth-order valence-corrected chi connectivity index (χ4v) is 4.27. The van der Waals surface area contributed by atoms with E-state index in [0.717, 1.165) is 25.7 Å². The maximum Gasteiger partial charge on any atom is 1.00 e. The van der Waals surface area contributed by atoms with Crippen molar-refractivity contribution in [2.24, 2.45) is 0 Å². The Morgan fingerprint density at radius 3 is 1.48 bits per heavy atom. The minimum atomic E-state index is -4.65. The first kappa shape index (κ1) is 34.0. The van der Waals surface area contributed by atoms with Crippen LogP contribution in [0.2, 0.25) is 0 Å². The molecule has 0 aromatic carbocycles. The molecule has 182 valence electrons. The van der Waals surface area contributed by atoms with E-state index in [4.69, 9.17) is 8.92 Å². The van der Waals surface area contributed by atoms with Crippen LogP contribution in [0.1, 0.15) is 136 Å². The second-order valence-electron chi connectivity index (χ2n) is 8.62. The average Bonchev–Trinajstić information content (AvgIpc) is 2.69. The molecule has 5 nitrogen and oxygen atoms in total. The number of unbranched alkanes of at least 4 members (excludes halogenated alkanes) is 15. The Balaban J connectivity index is 0. The minimum absolute atomic E-state index is 0. The summed E-state index contributed by atoms with van der Waals surface area (Å²) in [4.78, 5) is 0. The van der Waals surface area contributed by atoms with Crippen molar-refractivity contribution >= 4 is 10.4 Å². The Kier molecular flexibility index (Phi) is 27.9. The fourth-order valence-electron chi connectivity index (χ4n) is 3.74. The summed E-state index contributed by atoms with van der Waals surface area (Å²) >= 11 is 0. The second-order valence-corrected chi connectivity index (χ2v) is 9.63. The molecule has 0 aromatic rings. The monoisotopic (exact) mass is 472 g/mol. The van der Waals surface area contributed by atoms with Crippen LogP contribution in [0.3, 0.4) is 0 Å². The van der Waals surface area contributed by atoms with Crippen LogP contribution in [0.15, 0.2) is 0 Å². The molecule has 0 aliphatic carbocycles. The van der Waals surface area contributed by atoms with Gasteiger partial charge in [0, 0.05) is 13.2 Å². The molecule has 7 heteroatoms. The maximum absolute atomic E-state index is 11.0. The molecule has 1 unspecified atom stereocenters. The molecule has 0 N–H and O–H groups in total. The molecule has 0 rings (SSSR count). The third kappa shape index (κ3) is 28.8. The Hall–Kier alpha value is 0.830. The van der Waals surface area contributed by atoms with E-state index < -0.39 is 16.5 Å². The average molecular weight is 473 g/mol. The van der Waals surface area contributed by atoms with Crippen LogP contribution in [0.5, 0.6) is 0 Å². The van der Waals surface area contributed by atoms with Gasteiger partial charge in [-0.2, -0.15) is 0 Å². The predicted molar refractivity (Wildman–Crippen MR) is 124 cm³/mol. The van der Waals surface area contributed by atoms with Crippen molar-refractivity contribution in [3.63, 3.8) is 0 Å². The van der Waals surface area contributed by atoms with Crippen molar-refractivity contribution in [2.45, 2.75) is 142 Å². The molecule has 0 radical (unpaired) electrons. The van der Waals surface area contributed by atoms with E-state index in [1.807, 2.05) is 0 Å². The number of ether oxygens (including phenoxy) is 1. The van der Waals surface area contributed by atoms with Crippen molar-refractivity contribution in [1.29, 1.82) is 0 Å². The molecule has 0 aromatic heterocycles. The maximum atomic E-state index is 11.0. The molecule has 0 saturated heterocycles. The van der Waals surface area contributed by atoms with E-state index in [1.54, 1.807) is 0 Å². The van der Waals surface area contributed by atoms with Gasteiger partial charge in [0.2, 0.25) is 10.4 Å². The van der Waals surface area contributed by atoms with Gasteiger partial charge in [-0.05, 0) is 19.3 Å². The number of hydrogen-bond donors (Lipinski definition) is 0. The summed E-state index contributed by atoms with van der Waals surface area (Å²) in [5.41, 5.74) is 0. The largest absolute Gasteiger partial charge is 1.00 e. The van der Waals surface area contributed by atoms with Crippen molar-refractivity contribution in [1.82, 2.24) is 0 Å². The van der Waals surface area contributed by atoms with Crippen LogP contribution in [0, 0.1) is 0 Å². The van der Waals surface area contributed by atoms with Crippen LogP contribution in [0.4, 0.5) is 0 Å². The van der Waals surface area contributed by atoms with Crippen molar-refractivity contribution < 1.29 is 51.4 Å². The van der Waals surface area contributed by atoms with E-state index >= 15 is 0 Å². The summed E-state index contributed by atoms with van der Waals surface area (Å²) in [5, 5.41) is 0. The minimum Gasteiger partial charge on any atom is -0.726 e. The Bertz CT molecular complexity index is 445. The topological polar surface area (TPSA) is 75.7 Å². The van der Waals surface area contributed by atoms with Crippen molar-refractivity contribution in [3.8, 4) is 0 Å². The van der Waals surface area contributed by atoms with E-state index in [1.165, 1.54) is 83.5 Å². The molecule has 0 spiro atoms. The summed E-state index contributed by atoms with van der Waals surface area (Å²) < 4.78 is 43.3. The Morgan fingerprint density at radius 1 is 0.613 bits per heavy atom. The first-order valence-corrected chi connectivity index (χ1v) is 14.0. The smallest absolute Gasteiger partial charge is 0.726 e. The first-order valence-electron chi connectivity index (χ1n) is 12.7. The van der Waals surface area contributed by atoms with Gasteiger partial charge < -0.3 is 9.29 Å². The normalized spacial score (nSPS) is 12.6. The third-order valence-corrected chi connectivity index (χ3v) is 6.12. The molecule has 0 amide bonds. The van der Waals surface area contributed by atoms with Gasteiger partial charge in [0.25, 0.3) is 0 Å². The van der Waals surface area contributed by atoms with Gasteiger partial charge in [-0.15, -0.1) is 0 Å². The first-order chi connectivity index (χ1) is 14.5. The van der Waals surface area contributed by atoms with Crippen molar-refractivity contribution in [2.75, 3.05) is 13.2 Å². The van der Waals surface area contributed by atoms with E-state index in [9.17, 15) is 13.0 Å². The molecule has 31 heavy (non-hydrogen) atoms. The zero-order valence-corrected chi connectivity index (χ0v) is 23.7. The molecule has 0 aliphatic heterocycles. The van der Waals surface area contributed by atoms with E-state index in [-0.39, 0.29) is 29.6 Å². The van der Waals surface area contributed by atoms with Gasteiger partial charge >= 0.3 is 29.6 Å². The van der Waals surface area contributed by atoms with Gasteiger partial charge in [-0.25, -0.2) is 8.42 Å². The van der Waals surface area contributed by atoms with E-state index in [2.05, 4.69) is 13.8 Å². The van der Waals surface area contributed by atoms with Gasteiger partial charge in [-0.1, -0.05) is 117 Å². The summed E-state index contributed by atoms with van der Waals surface area (Å²) in [6, 6.07) is 0. The van der Waals surface area contributed by atoms with Crippen LogP contribution in [-0.4, -0.2) is 32.3 Å². The molecular formula is C24H49NaO5S. The van der Waals surface area contributed by atoms with Gasteiger partial charge in [0.15, 0.2) is 0 Å².